The van der Waals surface area contributed by atoms with Crippen molar-refractivity contribution in [3.63, 3.8) is 0 Å². The average molecular weight is 385 g/mol. The van der Waals surface area contributed by atoms with Crippen LogP contribution in [0, 0.1) is 5.92 Å². The second-order valence-electron chi connectivity index (χ2n) is 6.94. The molecule has 144 valence electrons. The van der Waals surface area contributed by atoms with Crippen LogP contribution in [0.5, 0.6) is 0 Å². The molecular weight excluding hydrogens is 356 g/mol. The Kier molecular flexibility index (Phi) is 6.61. The second kappa shape index (κ2) is 9.13. The molecule has 1 amide bonds. The summed E-state index contributed by atoms with van der Waals surface area (Å²) in [4.78, 5) is 21.3. The zero-order valence-corrected chi connectivity index (χ0v) is 17.0. The van der Waals surface area contributed by atoms with Crippen molar-refractivity contribution in [1.29, 1.82) is 0 Å². The van der Waals surface area contributed by atoms with Gasteiger partial charge < -0.3 is 14.9 Å². The maximum atomic E-state index is 13.2. The molecule has 0 bridgehead atoms. The maximum absolute atomic E-state index is 13.2. The SMILES string of the molecule is CCC(C)C(NC(=O)C(CCSC)n1cccc1)c1nc2ccccc2[nH]1. The van der Waals surface area contributed by atoms with Crippen LogP contribution in [0.1, 0.15) is 44.6 Å². The number of amides is 1. The topological polar surface area (TPSA) is 62.7 Å². The molecule has 2 N–H and O–H groups in total. The van der Waals surface area contributed by atoms with Gasteiger partial charge in [0, 0.05) is 12.4 Å². The van der Waals surface area contributed by atoms with Gasteiger partial charge in [-0.2, -0.15) is 11.8 Å². The van der Waals surface area contributed by atoms with E-state index in [9.17, 15) is 4.79 Å². The molecule has 0 spiro atoms. The summed E-state index contributed by atoms with van der Waals surface area (Å²) in [5.41, 5.74) is 1.93. The van der Waals surface area contributed by atoms with Crippen molar-refractivity contribution in [2.45, 2.75) is 38.8 Å². The van der Waals surface area contributed by atoms with E-state index >= 15 is 0 Å². The zero-order chi connectivity index (χ0) is 19.2. The summed E-state index contributed by atoms with van der Waals surface area (Å²) in [6.45, 7) is 4.30. The Hall–Kier alpha value is -2.21. The van der Waals surface area contributed by atoms with E-state index in [1.165, 1.54) is 0 Å². The van der Waals surface area contributed by atoms with Crippen molar-refractivity contribution in [2.75, 3.05) is 12.0 Å². The van der Waals surface area contributed by atoms with Gasteiger partial charge in [0.1, 0.15) is 11.9 Å². The van der Waals surface area contributed by atoms with E-state index in [2.05, 4.69) is 30.4 Å². The van der Waals surface area contributed by atoms with E-state index in [1.54, 1.807) is 11.8 Å². The Balaban J connectivity index is 1.85. The van der Waals surface area contributed by atoms with Crippen LogP contribution in [0.15, 0.2) is 48.8 Å². The van der Waals surface area contributed by atoms with Crippen molar-refractivity contribution in [1.82, 2.24) is 19.9 Å². The van der Waals surface area contributed by atoms with Crippen LogP contribution in [0.25, 0.3) is 11.0 Å². The Labute approximate surface area is 165 Å². The van der Waals surface area contributed by atoms with E-state index in [4.69, 9.17) is 4.98 Å². The minimum atomic E-state index is -0.205. The van der Waals surface area contributed by atoms with Gasteiger partial charge in [-0.25, -0.2) is 4.98 Å². The van der Waals surface area contributed by atoms with Gasteiger partial charge in [-0.1, -0.05) is 32.4 Å². The van der Waals surface area contributed by atoms with Crippen LogP contribution in [0.4, 0.5) is 0 Å². The largest absolute Gasteiger partial charge is 0.344 e. The number of carbonyl (C=O) groups excluding carboxylic acids is 1. The van der Waals surface area contributed by atoms with Crippen LogP contribution >= 0.6 is 11.8 Å². The molecule has 0 aliphatic rings. The number of para-hydroxylation sites is 2. The summed E-state index contributed by atoms with van der Waals surface area (Å²) < 4.78 is 2.00. The minimum absolute atomic E-state index is 0.0472. The number of hydrogen-bond acceptors (Lipinski definition) is 3. The molecule has 0 radical (unpaired) electrons. The average Bonchev–Trinajstić information content (AvgIpc) is 3.35. The van der Waals surface area contributed by atoms with Gasteiger partial charge in [-0.3, -0.25) is 4.79 Å². The molecule has 0 saturated heterocycles. The Morgan fingerprint density at radius 2 is 2.00 bits per heavy atom. The molecule has 5 nitrogen and oxygen atoms in total. The zero-order valence-electron chi connectivity index (χ0n) is 16.2. The van der Waals surface area contributed by atoms with Crippen LogP contribution in [0.2, 0.25) is 0 Å². The van der Waals surface area contributed by atoms with Crippen molar-refractivity contribution >= 4 is 28.7 Å². The number of benzene rings is 1. The third-order valence-corrected chi connectivity index (χ3v) is 5.74. The summed E-state index contributed by atoms with van der Waals surface area (Å²) in [7, 11) is 0. The van der Waals surface area contributed by atoms with Crippen molar-refractivity contribution in [2.24, 2.45) is 5.92 Å². The normalized spacial score (nSPS) is 14.8. The van der Waals surface area contributed by atoms with Crippen LogP contribution in [-0.4, -0.2) is 32.5 Å². The Morgan fingerprint density at radius 1 is 1.26 bits per heavy atom. The van der Waals surface area contributed by atoms with Crippen molar-refractivity contribution in [3.05, 3.63) is 54.6 Å². The highest BCUT2D eigenvalue weighted by Crippen LogP contribution is 2.26. The van der Waals surface area contributed by atoms with Crippen LogP contribution in [-0.2, 0) is 4.79 Å². The highest BCUT2D eigenvalue weighted by atomic mass is 32.2. The first-order valence-electron chi connectivity index (χ1n) is 9.50. The van der Waals surface area contributed by atoms with Gasteiger partial charge in [0.15, 0.2) is 0 Å². The second-order valence-corrected chi connectivity index (χ2v) is 7.92. The predicted molar refractivity (Wildman–Crippen MR) is 113 cm³/mol. The van der Waals surface area contributed by atoms with Gasteiger partial charge >= 0.3 is 0 Å². The molecule has 0 saturated carbocycles. The molecular formula is C21H28N4OS. The number of rotatable bonds is 9. The number of nitrogens with one attached hydrogen (secondary N) is 2. The van der Waals surface area contributed by atoms with E-state index in [0.29, 0.717) is 0 Å². The molecule has 0 aliphatic carbocycles. The van der Waals surface area contributed by atoms with Gasteiger partial charge in [-0.05, 0) is 48.6 Å². The standard InChI is InChI=1S/C21H28N4OS/c1-4-15(2)19(20-22-16-9-5-6-10-17(16)23-20)24-21(26)18(11-14-27-3)25-12-7-8-13-25/h5-10,12-13,15,18-19H,4,11,14H2,1-3H3,(H,22,23)(H,24,26). The summed E-state index contributed by atoms with van der Waals surface area (Å²) >= 11 is 1.76. The number of imidazole rings is 1. The van der Waals surface area contributed by atoms with Crippen molar-refractivity contribution < 1.29 is 4.79 Å². The first kappa shape index (κ1) is 19.5. The summed E-state index contributed by atoms with van der Waals surface area (Å²) in [5.74, 6) is 2.09. The highest BCUT2D eigenvalue weighted by molar-refractivity contribution is 7.98. The number of aromatic amines is 1. The smallest absolute Gasteiger partial charge is 0.243 e. The molecule has 1 aromatic carbocycles. The minimum Gasteiger partial charge on any atom is -0.344 e. The third kappa shape index (κ3) is 4.56. The maximum Gasteiger partial charge on any atom is 0.243 e. The molecule has 3 rings (SSSR count). The van der Waals surface area contributed by atoms with E-state index in [1.807, 2.05) is 53.4 Å². The van der Waals surface area contributed by atoms with E-state index < -0.39 is 0 Å². The third-order valence-electron chi connectivity index (χ3n) is 5.10. The van der Waals surface area contributed by atoms with Gasteiger partial charge in [0.25, 0.3) is 0 Å². The summed E-state index contributed by atoms with van der Waals surface area (Å²) in [6.07, 6.45) is 7.76. The molecule has 27 heavy (non-hydrogen) atoms. The fraction of sp³-hybridized carbons (Fsp3) is 0.429. The lowest BCUT2D eigenvalue weighted by atomic mass is 9.98. The van der Waals surface area contributed by atoms with E-state index in [0.717, 1.165) is 35.5 Å². The molecule has 2 aromatic heterocycles. The molecule has 2 heterocycles. The summed E-state index contributed by atoms with van der Waals surface area (Å²) in [6, 6.07) is 11.6. The number of carbonyl (C=O) groups is 1. The lowest BCUT2D eigenvalue weighted by molar-refractivity contribution is -0.125. The monoisotopic (exact) mass is 384 g/mol. The summed E-state index contributed by atoms with van der Waals surface area (Å²) in [5, 5.41) is 3.28. The van der Waals surface area contributed by atoms with E-state index in [-0.39, 0.29) is 23.9 Å². The Morgan fingerprint density at radius 3 is 2.67 bits per heavy atom. The van der Waals surface area contributed by atoms with Crippen LogP contribution in [0.3, 0.4) is 0 Å². The number of nitrogens with zero attached hydrogens (tertiary/aromatic N) is 2. The predicted octanol–water partition coefficient (Wildman–Crippen LogP) is 4.56. The van der Waals surface area contributed by atoms with Gasteiger partial charge in [0.2, 0.25) is 5.91 Å². The highest BCUT2D eigenvalue weighted by Gasteiger charge is 2.27. The lowest BCUT2D eigenvalue weighted by Gasteiger charge is -2.26. The van der Waals surface area contributed by atoms with Gasteiger partial charge in [-0.15, -0.1) is 0 Å². The number of hydrogen-bond donors (Lipinski definition) is 2. The molecule has 3 atom stereocenters. The molecule has 3 aromatic rings. The number of aromatic nitrogens is 3. The molecule has 0 aliphatic heterocycles. The number of fused-ring (bicyclic) bond motifs is 1. The first-order valence-corrected chi connectivity index (χ1v) is 10.9. The molecule has 0 fully saturated rings. The Bertz CT molecular complexity index is 825. The number of thioether (sulfide) groups is 1. The first-order chi connectivity index (χ1) is 13.1. The molecule has 3 unspecified atom stereocenters. The lowest BCUT2D eigenvalue weighted by Crippen LogP contribution is -2.38. The van der Waals surface area contributed by atoms with Crippen molar-refractivity contribution in [3.8, 4) is 0 Å². The quantitative estimate of drug-likeness (QED) is 0.568. The van der Waals surface area contributed by atoms with Gasteiger partial charge in [0.05, 0.1) is 17.1 Å². The number of H-pyrrole nitrogens is 1. The molecule has 6 heteroatoms. The fourth-order valence-electron chi connectivity index (χ4n) is 3.29. The van der Waals surface area contributed by atoms with Crippen LogP contribution < -0.4 is 5.32 Å². The fourth-order valence-corrected chi connectivity index (χ4v) is 3.74.